The number of aromatic nitrogens is 1. The molecular weight excluding hydrogens is 468 g/mol. The van der Waals surface area contributed by atoms with Crippen LogP contribution in [0.5, 0.6) is 0 Å². The Kier molecular flexibility index (Phi) is 31.1. The van der Waals surface area contributed by atoms with E-state index in [9.17, 15) is 0 Å². The summed E-state index contributed by atoms with van der Waals surface area (Å²) in [6, 6.07) is 8.60. The molecule has 0 spiro atoms. The van der Waals surface area contributed by atoms with Crippen LogP contribution in [0.15, 0.2) is 90.0 Å². The van der Waals surface area contributed by atoms with Crippen LogP contribution in [-0.2, 0) is 6.42 Å². The van der Waals surface area contributed by atoms with Crippen LogP contribution < -0.4 is 5.32 Å². The van der Waals surface area contributed by atoms with E-state index in [0.717, 1.165) is 29.2 Å². The highest BCUT2D eigenvalue weighted by Gasteiger charge is 2.01. The van der Waals surface area contributed by atoms with Crippen molar-refractivity contribution in [3.05, 3.63) is 101 Å². The minimum Gasteiger partial charge on any atom is -0.332 e. The van der Waals surface area contributed by atoms with Crippen LogP contribution in [0.25, 0.3) is 5.70 Å². The predicted molar refractivity (Wildman–Crippen MR) is 176 cm³/mol. The second-order valence-electron chi connectivity index (χ2n) is 7.17. The summed E-state index contributed by atoms with van der Waals surface area (Å²) in [5, 5.41) is 6.05. The van der Waals surface area contributed by atoms with Gasteiger partial charge in [-0.15, -0.1) is 11.3 Å². The molecular formula is C34H56N2S. The van der Waals surface area contributed by atoms with Crippen LogP contribution >= 0.6 is 11.3 Å². The summed E-state index contributed by atoms with van der Waals surface area (Å²) >= 11 is 1.58. The molecule has 2 nitrogen and oxygen atoms in total. The quantitative estimate of drug-likeness (QED) is 0.313. The molecule has 0 aliphatic carbocycles. The van der Waals surface area contributed by atoms with Crippen molar-refractivity contribution in [2.75, 3.05) is 5.32 Å². The van der Waals surface area contributed by atoms with Gasteiger partial charge in [-0.1, -0.05) is 129 Å². The minimum atomic E-state index is 0.884. The number of nitrogens with one attached hydrogen (secondary N) is 1. The van der Waals surface area contributed by atoms with Gasteiger partial charge in [0, 0.05) is 17.3 Å². The van der Waals surface area contributed by atoms with Crippen LogP contribution in [0.1, 0.15) is 107 Å². The molecule has 2 rings (SSSR count). The van der Waals surface area contributed by atoms with Crippen LogP contribution in [0.2, 0.25) is 0 Å². The maximum Gasteiger partial charge on any atom is 0.187 e. The Morgan fingerprint density at radius 2 is 1.62 bits per heavy atom. The Labute approximate surface area is 235 Å². The van der Waals surface area contributed by atoms with Crippen LogP contribution in [0.3, 0.4) is 0 Å². The average Bonchev–Trinajstić information content (AvgIpc) is 3.47. The van der Waals surface area contributed by atoms with Gasteiger partial charge in [-0.25, -0.2) is 4.98 Å². The highest BCUT2D eigenvalue weighted by molar-refractivity contribution is 7.13. The third kappa shape index (κ3) is 20.1. The summed E-state index contributed by atoms with van der Waals surface area (Å²) in [5.41, 5.74) is 6.01. The lowest BCUT2D eigenvalue weighted by Gasteiger charge is -2.08. The van der Waals surface area contributed by atoms with Crippen molar-refractivity contribution in [3.8, 4) is 0 Å². The zero-order chi connectivity index (χ0) is 28.9. The standard InChI is InChI=1S/C15H18N2S.C13H20.3C2H6/c1-3-4-5-13-6-8-14(9-7-13)12(2)17-15-16-10-11-18-15;1-5-8-9-11-12(4)13(7-3)10-6-2;3*1-2/h6-11H,2-5H2,1H3,(H,16,17);6-11H,5H2,1-4H3;3*1-2H3/b;9-8+,10-6-,12-11-,13-7-;;;. The monoisotopic (exact) mass is 524 g/mol. The number of allylic oxidation sites excluding steroid dienone is 8. The lowest BCUT2D eigenvalue weighted by Crippen LogP contribution is -1.97. The number of hydrogen-bond donors (Lipinski definition) is 1. The van der Waals surface area contributed by atoms with Crippen LogP contribution in [0.4, 0.5) is 5.13 Å². The first-order valence-electron chi connectivity index (χ1n) is 14.1. The second kappa shape index (κ2) is 29.6. The number of thiazole rings is 1. The molecule has 0 atom stereocenters. The van der Waals surface area contributed by atoms with Gasteiger partial charge >= 0.3 is 0 Å². The Bertz CT molecular complexity index is 867. The largest absolute Gasteiger partial charge is 0.332 e. The molecule has 2 aromatic rings. The molecule has 208 valence electrons. The number of nitrogens with zero attached hydrogens (tertiary/aromatic N) is 1. The first kappa shape index (κ1) is 38.9. The van der Waals surface area contributed by atoms with E-state index in [-0.39, 0.29) is 0 Å². The fourth-order valence-corrected chi connectivity index (χ4v) is 3.37. The molecule has 1 N–H and O–H groups in total. The van der Waals surface area contributed by atoms with Gasteiger partial charge in [-0.05, 0) is 62.3 Å². The van der Waals surface area contributed by atoms with Gasteiger partial charge in [0.1, 0.15) is 0 Å². The molecule has 0 unspecified atom stereocenters. The van der Waals surface area contributed by atoms with Gasteiger partial charge in [0.15, 0.2) is 5.13 Å². The number of unbranched alkanes of at least 4 members (excludes halogenated alkanes) is 1. The zero-order valence-corrected chi connectivity index (χ0v) is 26.6. The minimum absolute atomic E-state index is 0.884. The number of aryl methyl sites for hydroxylation is 1. The molecule has 0 aliphatic heterocycles. The van der Waals surface area contributed by atoms with E-state index in [2.05, 4.69) is 105 Å². The fraction of sp³-hybridized carbons (Fsp3) is 0.441. The molecule has 0 saturated heterocycles. The predicted octanol–water partition coefficient (Wildman–Crippen LogP) is 12.1. The number of hydrogen-bond acceptors (Lipinski definition) is 3. The molecule has 0 saturated carbocycles. The van der Waals surface area contributed by atoms with E-state index in [4.69, 9.17) is 0 Å². The van der Waals surface area contributed by atoms with Crippen LogP contribution in [-0.4, -0.2) is 4.98 Å². The van der Waals surface area contributed by atoms with E-state index in [0.29, 0.717) is 0 Å². The summed E-state index contributed by atoms with van der Waals surface area (Å²) in [6.07, 6.45) is 19.3. The topological polar surface area (TPSA) is 24.9 Å². The number of rotatable bonds is 10. The molecule has 3 heteroatoms. The molecule has 1 aromatic heterocycles. The van der Waals surface area contributed by atoms with Gasteiger partial charge in [0.05, 0.1) is 0 Å². The number of benzene rings is 1. The highest BCUT2D eigenvalue weighted by atomic mass is 32.1. The Morgan fingerprint density at radius 3 is 2.08 bits per heavy atom. The van der Waals surface area contributed by atoms with E-state index >= 15 is 0 Å². The van der Waals surface area contributed by atoms with E-state index in [1.165, 1.54) is 29.6 Å². The van der Waals surface area contributed by atoms with Crippen molar-refractivity contribution in [1.82, 2.24) is 4.98 Å². The summed E-state index contributed by atoms with van der Waals surface area (Å²) < 4.78 is 0. The Hall–Kier alpha value is -2.65. The van der Waals surface area contributed by atoms with Gasteiger partial charge in [-0.2, -0.15) is 0 Å². The highest BCUT2D eigenvalue weighted by Crippen LogP contribution is 2.19. The Balaban J connectivity index is -0.000000539. The normalized spacial score (nSPS) is 10.7. The maximum atomic E-state index is 4.19. The first-order chi connectivity index (χ1) is 18.0. The van der Waals surface area contributed by atoms with Crippen molar-refractivity contribution in [3.63, 3.8) is 0 Å². The summed E-state index contributed by atoms with van der Waals surface area (Å²) in [6.45, 7) is 26.6. The van der Waals surface area contributed by atoms with Gasteiger partial charge in [0.25, 0.3) is 0 Å². The van der Waals surface area contributed by atoms with Crippen molar-refractivity contribution < 1.29 is 0 Å². The summed E-state index contributed by atoms with van der Waals surface area (Å²) in [4.78, 5) is 4.19. The smallest absolute Gasteiger partial charge is 0.187 e. The van der Waals surface area contributed by atoms with E-state index in [1.54, 1.807) is 17.5 Å². The molecule has 0 amide bonds. The third-order valence-corrected chi connectivity index (χ3v) is 5.33. The van der Waals surface area contributed by atoms with Gasteiger partial charge in [-0.3, -0.25) is 0 Å². The average molecular weight is 525 g/mol. The lowest BCUT2D eigenvalue weighted by atomic mass is 10.1. The number of anilines is 1. The lowest BCUT2D eigenvalue weighted by molar-refractivity contribution is 0.795. The third-order valence-electron chi connectivity index (χ3n) is 4.64. The van der Waals surface area contributed by atoms with Crippen molar-refractivity contribution >= 4 is 22.2 Å². The first-order valence-corrected chi connectivity index (χ1v) is 15.0. The molecule has 1 aromatic carbocycles. The zero-order valence-electron chi connectivity index (χ0n) is 25.8. The molecule has 0 fully saturated rings. The van der Waals surface area contributed by atoms with E-state index in [1.807, 2.05) is 53.8 Å². The molecule has 0 radical (unpaired) electrons. The van der Waals surface area contributed by atoms with Crippen LogP contribution in [0, 0.1) is 0 Å². The fourth-order valence-electron chi connectivity index (χ4n) is 2.82. The van der Waals surface area contributed by atoms with Gasteiger partial charge in [0.2, 0.25) is 0 Å². The van der Waals surface area contributed by atoms with Gasteiger partial charge < -0.3 is 5.32 Å². The van der Waals surface area contributed by atoms with Crippen molar-refractivity contribution in [2.45, 2.75) is 102 Å². The maximum absolute atomic E-state index is 4.19. The van der Waals surface area contributed by atoms with Crippen molar-refractivity contribution in [1.29, 1.82) is 0 Å². The molecule has 37 heavy (non-hydrogen) atoms. The molecule has 0 bridgehead atoms. The second-order valence-corrected chi connectivity index (χ2v) is 8.07. The van der Waals surface area contributed by atoms with E-state index < -0.39 is 0 Å². The summed E-state index contributed by atoms with van der Waals surface area (Å²) in [5.74, 6) is 0. The van der Waals surface area contributed by atoms with Crippen molar-refractivity contribution in [2.24, 2.45) is 0 Å². The molecule has 0 aliphatic rings. The summed E-state index contributed by atoms with van der Waals surface area (Å²) in [7, 11) is 0. The SMILES string of the molecule is C=C(Nc1nccs1)c1ccc(CCCC)cc1.CC.CC.CC.C\C=C/C(=C/C)C(/C)=C\C=C\CC. The Morgan fingerprint density at radius 1 is 1.00 bits per heavy atom. The molecule has 1 heterocycles.